The maximum atomic E-state index is 12.6. The molecule has 0 aromatic carbocycles. The molecule has 5 heteroatoms. The molecule has 1 aromatic rings. The monoisotopic (exact) mass is 223 g/mol. The highest BCUT2D eigenvalue weighted by Gasteiger charge is 2.21. The Bertz CT molecular complexity index is 379. The summed E-state index contributed by atoms with van der Waals surface area (Å²) in [5.74, 6) is -0.759. The third kappa shape index (κ3) is 2.55. The number of hydrogen-bond donors (Lipinski definition) is 1. The first-order valence-electron chi connectivity index (χ1n) is 5.26. The van der Waals surface area contributed by atoms with Crippen LogP contribution in [0.15, 0.2) is 18.3 Å². The molecule has 4 nitrogen and oxygen atoms in total. The molecule has 1 amide bonds. The Labute approximate surface area is 93.5 Å². The van der Waals surface area contributed by atoms with E-state index >= 15 is 0 Å². The second-order valence-electron chi connectivity index (χ2n) is 4.09. The molecule has 16 heavy (non-hydrogen) atoms. The van der Waals surface area contributed by atoms with E-state index in [4.69, 9.17) is 0 Å². The molecule has 1 atom stereocenters. The van der Waals surface area contributed by atoms with E-state index in [1.54, 1.807) is 0 Å². The number of nitrogens with zero attached hydrogens (tertiary/aromatic N) is 2. The standard InChI is InChI=1S/C11H14FN3O/c1-15-5-4-9(7-15)14-11(16)8-2-3-10(12)13-6-8/h2-3,6,9H,4-5,7H2,1H3,(H,14,16). The van der Waals surface area contributed by atoms with E-state index in [1.165, 1.54) is 18.3 Å². The number of carbonyl (C=O) groups excluding carboxylic acids is 1. The second kappa shape index (κ2) is 4.57. The van der Waals surface area contributed by atoms with Crippen LogP contribution in [0, 0.1) is 5.95 Å². The smallest absolute Gasteiger partial charge is 0.253 e. The Morgan fingerprint density at radius 2 is 2.44 bits per heavy atom. The number of carbonyl (C=O) groups is 1. The zero-order valence-corrected chi connectivity index (χ0v) is 9.11. The minimum Gasteiger partial charge on any atom is -0.348 e. The van der Waals surface area contributed by atoms with Crippen molar-refractivity contribution in [3.63, 3.8) is 0 Å². The lowest BCUT2D eigenvalue weighted by Crippen LogP contribution is -2.36. The average Bonchev–Trinajstić information content (AvgIpc) is 2.65. The van der Waals surface area contributed by atoms with Crippen LogP contribution in [0.3, 0.4) is 0 Å². The quantitative estimate of drug-likeness (QED) is 0.749. The van der Waals surface area contributed by atoms with Crippen molar-refractivity contribution in [2.75, 3.05) is 20.1 Å². The highest BCUT2D eigenvalue weighted by atomic mass is 19.1. The predicted octanol–water partition coefficient (Wildman–Crippen LogP) is 0.655. The van der Waals surface area contributed by atoms with Gasteiger partial charge in [0, 0.05) is 18.8 Å². The molecule has 1 aromatic heterocycles. The van der Waals surface area contributed by atoms with Gasteiger partial charge in [-0.1, -0.05) is 0 Å². The van der Waals surface area contributed by atoms with Gasteiger partial charge in [-0.3, -0.25) is 4.79 Å². The van der Waals surface area contributed by atoms with E-state index in [9.17, 15) is 9.18 Å². The molecule has 1 N–H and O–H groups in total. The second-order valence-corrected chi connectivity index (χ2v) is 4.09. The number of aromatic nitrogens is 1. The molecule has 1 fully saturated rings. The van der Waals surface area contributed by atoms with Crippen molar-refractivity contribution in [2.24, 2.45) is 0 Å². The third-order valence-corrected chi connectivity index (χ3v) is 2.72. The Kier molecular flexibility index (Phi) is 3.14. The summed E-state index contributed by atoms with van der Waals surface area (Å²) in [6.07, 6.45) is 2.21. The fraction of sp³-hybridized carbons (Fsp3) is 0.455. The summed E-state index contributed by atoms with van der Waals surface area (Å²) >= 11 is 0. The highest BCUT2D eigenvalue weighted by molar-refractivity contribution is 5.94. The number of nitrogens with one attached hydrogen (secondary N) is 1. The number of hydrogen-bond acceptors (Lipinski definition) is 3. The van der Waals surface area contributed by atoms with Crippen molar-refractivity contribution in [1.82, 2.24) is 15.2 Å². The van der Waals surface area contributed by atoms with Crippen LogP contribution in [0.5, 0.6) is 0 Å². The summed E-state index contributed by atoms with van der Waals surface area (Å²) in [7, 11) is 2.02. The van der Waals surface area contributed by atoms with Crippen molar-refractivity contribution in [1.29, 1.82) is 0 Å². The molecule has 0 aliphatic carbocycles. The van der Waals surface area contributed by atoms with Crippen LogP contribution in [0.1, 0.15) is 16.8 Å². The minimum absolute atomic E-state index is 0.183. The van der Waals surface area contributed by atoms with E-state index < -0.39 is 5.95 Å². The van der Waals surface area contributed by atoms with Crippen molar-refractivity contribution in [3.05, 3.63) is 29.8 Å². The molecule has 1 unspecified atom stereocenters. The third-order valence-electron chi connectivity index (χ3n) is 2.72. The van der Waals surface area contributed by atoms with Gasteiger partial charge in [-0.15, -0.1) is 0 Å². The van der Waals surface area contributed by atoms with E-state index in [0.717, 1.165) is 19.5 Å². The lowest BCUT2D eigenvalue weighted by Gasteiger charge is -2.12. The zero-order chi connectivity index (χ0) is 11.5. The van der Waals surface area contributed by atoms with Gasteiger partial charge in [0.2, 0.25) is 5.95 Å². The molecule has 1 saturated heterocycles. The van der Waals surface area contributed by atoms with Crippen LogP contribution in [0.25, 0.3) is 0 Å². The zero-order valence-electron chi connectivity index (χ0n) is 9.11. The Morgan fingerprint density at radius 1 is 1.62 bits per heavy atom. The molecular weight excluding hydrogens is 209 g/mol. The van der Waals surface area contributed by atoms with E-state index in [2.05, 4.69) is 15.2 Å². The van der Waals surface area contributed by atoms with E-state index in [-0.39, 0.29) is 11.9 Å². The Hall–Kier alpha value is -1.49. The molecule has 0 bridgehead atoms. The van der Waals surface area contributed by atoms with Gasteiger partial charge in [0.25, 0.3) is 5.91 Å². The van der Waals surface area contributed by atoms with Crippen molar-refractivity contribution < 1.29 is 9.18 Å². The van der Waals surface area contributed by atoms with Gasteiger partial charge in [0.15, 0.2) is 0 Å². The van der Waals surface area contributed by atoms with Gasteiger partial charge in [-0.05, 0) is 32.1 Å². The topological polar surface area (TPSA) is 45.2 Å². The minimum atomic E-state index is -0.572. The number of likely N-dealkylation sites (tertiary alicyclic amines) is 1. The van der Waals surface area contributed by atoms with Crippen LogP contribution in [-0.2, 0) is 0 Å². The lowest BCUT2D eigenvalue weighted by molar-refractivity contribution is 0.0938. The van der Waals surface area contributed by atoms with Crippen molar-refractivity contribution in [3.8, 4) is 0 Å². The largest absolute Gasteiger partial charge is 0.348 e. The molecule has 0 radical (unpaired) electrons. The molecule has 0 spiro atoms. The van der Waals surface area contributed by atoms with Gasteiger partial charge >= 0.3 is 0 Å². The predicted molar refractivity (Wildman–Crippen MR) is 57.6 cm³/mol. The molecule has 2 rings (SSSR count). The SMILES string of the molecule is CN1CCC(NC(=O)c2ccc(F)nc2)C1. The first-order chi connectivity index (χ1) is 7.65. The first kappa shape index (κ1) is 11.0. The maximum Gasteiger partial charge on any atom is 0.253 e. The van der Waals surface area contributed by atoms with Crippen LogP contribution in [0.4, 0.5) is 4.39 Å². The van der Waals surface area contributed by atoms with Gasteiger partial charge in [0.1, 0.15) is 0 Å². The normalized spacial score (nSPS) is 21.0. The van der Waals surface area contributed by atoms with Gasteiger partial charge in [0.05, 0.1) is 5.56 Å². The number of halogens is 1. The van der Waals surface area contributed by atoms with Gasteiger partial charge in [-0.25, -0.2) is 4.98 Å². The lowest BCUT2D eigenvalue weighted by atomic mass is 10.2. The fourth-order valence-corrected chi connectivity index (χ4v) is 1.83. The molecular formula is C11H14FN3O. The van der Waals surface area contributed by atoms with Gasteiger partial charge in [-0.2, -0.15) is 4.39 Å². The summed E-state index contributed by atoms with van der Waals surface area (Å²) in [4.78, 5) is 17.3. The van der Waals surface area contributed by atoms with E-state index in [0.29, 0.717) is 5.56 Å². The van der Waals surface area contributed by atoms with Crippen LogP contribution in [-0.4, -0.2) is 42.0 Å². The fourth-order valence-electron chi connectivity index (χ4n) is 1.83. The Balaban J connectivity index is 1.95. The molecule has 1 aliphatic heterocycles. The molecule has 2 heterocycles. The van der Waals surface area contributed by atoms with Gasteiger partial charge < -0.3 is 10.2 Å². The van der Waals surface area contributed by atoms with Crippen molar-refractivity contribution in [2.45, 2.75) is 12.5 Å². The first-order valence-corrected chi connectivity index (χ1v) is 5.26. The maximum absolute atomic E-state index is 12.6. The van der Waals surface area contributed by atoms with Crippen LogP contribution in [0.2, 0.25) is 0 Å². The summed E-state index contributed by atoms with van der Waals surface area (Å²) in [6, 6.07) is 2.81. The summed E-state index contributed by atoms with van der Waals surface area (Å²) in [5, 5.41) is 2.90. The number of pyridine rings is 1. The van der Waals surface area contributed by atoms with Crippen LogP contribution < -0.4 is 5.32 Å². The summed E-state index contributed by atoms with van der Waals surface area (Å²) in [5.41, 5.74) is 0.399. The average molecular weight is 223 g/mol. The number of rotatable bonds is 2. The molecule has 1 aliphatic rings. The van der Waals surface area contributed by atoms with Crippen LogP contribution >= 0.6 is 0 Å². The number of amides is 1. The summed E-state index contributed by atoms with van der Waals surface area (Å²) < 4.78 is 12.6. The number of likely N-dealkylation sites (N-methyl/N-ethyl adjacent to an activating group) is 1. The Morgan fingerprint density at radius 3 is 3.00 bits per heavy atom. The highest BCUT2D eigenvalue weighted by Crippen LogP contribution is 2.07. The van der Waals surface area contributed by atoms with Crippen molar-refractivity contribution >= 4 is 5.91 Å². The molecule has 0 saturated carbocycles. The summed E-state index contributed by atoms with van der Waals surface area (Å²) in [6.45, 7) is 1.85. The van der Waals surface area contributed by atoms with E-state index in [1.807, 2.05) is 7.05 Å². The molecule has 86 valence electrons.